The molecule has 1 aliphatic rings. The number of amides is 2. The smallest absolute Gasteiger partial charge is 0.242 e. The minimum absolute atomic E-state index is 0.0345. The summed E-state index contributed by atoms with van der Waals surface area (Å²) >= 11 is 6.04. The maximum Gasteiger partial charge on any atom is 0.242 e. The van der Waals surface area contributed by atoms with E-state index in [4.69, 9.17) is 11.6 Å². The van der Waals surface area contributed by atoms with Crippen LogP contribution in [0.2, 0.25) is 5.02 Å². The van der Waals surface area contributed by atoms with Crippen molar-refractivity contribution >= 4 is 29.1 Å². The monoisotopic (exact) mass is 403 g/mol. The van der Waals surface area contributed by atoms with Crippen molar-refractivity contribution in [2.75, 3.05) is 37.6 Å². The Hall–Kier alpha value is -2.60. The number of benzene rings is 2. The number of piperazine rings is 1. The average molecular weight is 404 g/mol. The number of aryl methyl sites for hydroxylation is 1. The zero-order valence-corrected chi connectivity index (χ0v) is 16.3. The Bertz CT molecular complexity index is 838. The van der Waals surface area contributed by atoms with E-state index in [1.54, 1.807) is 23.1 Å². The van der Waals surface area contributed by atoms with Gasteiger partial charge < -0.3 is 15.1 Å². The lowest BCUT2D eigenvalue weighted by Crippen LogP contribution is -2.51. The average Bonchev–Trinajstić information content (AvgIpc) is 2.71. The number of halogens is 2. The van der Waals surface area contributed by atoms with Crippen molar-refractivity contribution in [3.63, 3.8) is 0 Å². The molecule has 0 aromatic heterocycles. The van der Waals surface area contributed by atoms with Gasteiger partial charge in [0.1, 0.15) is 5.82 Å². The fourth-order valence-corrected chi connectivity index (χ4v) is 3.40. The van der Waals surface area contributed by atoms with Crippen molar-refractivity contribution in [2.45, 2.75) is 12.8 Å². The lowest BCUT2D eigenvalue weighted by Gasteiger charge is -2.36. The second-order valence-electron chi connectivity index (χ2n) is 6.72. The van der Waals surface area contributed by atoms with Gasteiger partial charge in [-0.15, -0.1) is 0 Å². The minimum Gasteiger partial charge on any atom is -0.368 e. The molecule has 0 saturated carbocycles. The van der Waals surface area contributed by atoms with Crippen LogP contribution in [0, 0.1) is 5.82 Å². The fourth-order valence-electron chi connectivity index (χ4n) is 3.21. The molecule has 5 nitrogen and oxygen atoms in total. The molecule has 28 heavy (non-hydrogen) atoms. The molecule has 1 heterocycles. The molecular formula is C21H23ClFN3O2. The van der Waals surface area contributed by atoms with E-state index < -0.39 is 0 Å². The van der Waals surface area contributed by atoms with Crippen LogP contribution in [0.3, 0.4) is 0 Å². The molecule has 0 atom stereocenters. The van der Waals surface area contributed by atoms with Crippen LogP contribution >= 0.6 is 11.6 Å². The number of rotatable bonds is 6. The standard InChI is InChI=1S/C21H23ClFN3O2/c22-17-5-3-6-18(14-17)25-10-12-26(13-11-25)21(28)15-24-20(27)9-8-16-4-1-2-7-19(16)23/h1-7,14H,8-13,15H2,(H,24,27). The van der Waals surface area contributed by atoms with Crippen LogP contribution in [0.25, 0.3) is 0 Å². The summed E-state index contributed by atoms with van der Waals surface area (Å²) in [6.45, 7) is 2.58. The van der Waals surface area contributed by atoms with Gasteiger partial charge in [0.05, 0.1) is 6.54 Å². The summed E-state index contributed by atoms with van der Waals surface area (Å²) in [6.07, 6.45) is 0.460. The summed E-state index contributed by atoms with van der Waals surface area (Å²) in [5.41, 5.74) is 1.54. The van der Waals surface area contributed by atoms with Gasteiger partial charge >= 0.3 is 0 Å². The van der Waals surface area contributed by atoms with E-state index in [1.807, 2.05) is 24.3 Å². The van der Waals surface area contributed by atoms with E-state index in [9.17, 15) is 14.0 Å². The normalized spacial score (nSPS) is 14.1. The molecule has 1 fully saturated rings. The van der Waals surface area contributed by atoms with Crippen LogP contribution in [0.1, 0.15) is 12.0 Å². The van der Waals surface area contributed by atoms with Crippen molar-refractivity contribution in [1.29, 1.82) is 0 Å². The zero-order chi connectivity index (χ0) is 19.9. The highest BCUT2D eigenvalue weighted by atomic mass is 35.5. The van der Waals surface area contributed by atoms with Gasteiger partial charge in [-0.3, -0.25) is 9.59 Å². The Morgan fingerprint density at radius 1 is 1.04 bits per heavy atom. The first kappa shape index (κ1) is 20.1. The Balaban J connectivity index is 1.39. The third-order valence-electron chi connectivity index (χ3n) is 4.82. The molecular weight excluding hydrogens is 381 g/mol. The van der Waals surface area contributed by atoms with E-state index >= 15 is 0 Å². The number of hydrogen-bond acceptors (Lipinski definition) is 3. The third-order valence-corrected chi connectivity index (χ3v) is 5.06. The molecule has 3 rings (SSSR count). The molecule has 0 unspecified atom stereocenters. The van der Waals surface area contributed by atoms with Crippen molar-refractivity contribution < 1.29 is 14.0 Å². The predicted octanol–water partition coefficient (Wildman–Crippen LogP) is 2.88. The van der Waals surface area contributed by atoms with Gasteiger partial charge in [-0.2, -0.15) is 0 Å². The highest BCUT2D eigenvalue weighted by Gasteiger charge is 2.21. The molecule has 7 heteroatoms. The molecule has 0 spiro atoms. The molecule has 1 aliphatic heterocycles. The number of nitrogens with zero attached hydrogens (tertiary/aromatic N) is 2. The predicted molar refractivity (Wildman–Crippen MR) is 108 cm³/mol. The topological polar surface area (TPSA) is 52.7 Å². The van der Waals surface area contributed by atoms with E-state index in [2.05, 4.69) is 10.2 Å². The summed E-state index contributed by atoms with van der Waals surface area (Å²) in [5, 5.41) is 3.33. The third kappa shape index (κ3) is 5.45. The maximum atomic E-state index is 13.6. The Kier molecular flexibility index (Phi) is 6.87. The number of carbonyl (C=O) groups is 2. The van der Waals surface area contributed by atoms with Crippen LogP contribution in [-0.4, -0.2) is 49.4 Å². The number of carbonyl (C=O) groups excluding carboxylic acids is 2. The molecule has 2 amide bonds. The SMILES string of the molecule is O=C(CCc1ccccc1F)NCC(=O)N1CCN(c2cccc(Cl)c2)CC1. The molecule has 0 radical (unpaired) electrons. The largest absolute Gasteiger partial charge is 0.368 e. The van der Waals surface area contributed by atoms with Gasteiger partial charge in [-0.25, -0.2) is 4.39 Å². The van der Waals surface area contributed by atoms with Crippen LogP contribution < -0.4 is 10.2 Å². The van der Waals surface area contributed by atoms with Crippen molar-refractivity contribution in [1.82, 2.24) is 10.2 Å². The first-order valence-electron chi connectivity index (χ1n) is 9.31. The van der Waals surface area contributed by atoms with E-state index in [0.29, 0.717) is 43.2 Å². The van der Waals surface area contributed by atoms with Gasteiger partial charge in [-0.1, -0.05) is 35.9 Å². The maximum absolute atomic E-state index is 13.6. The second-order valence-corrected chi connectivity index (χ2v) is 7.15. The Morgan fingerprint density at radius 3 is 2.50 bits per heavy atom. The van der Waals surface area contributed by atoms with Gasteiger partial charge in [0.25, 0.3) is 0 Å². The summed E-state index contributed by atoms with van der Waals surface area (Å²) in [7, 11) is 0. The van der Waals surface area contributed by atoms with E-state index in [1.165, 1.54) is 6.07 Å². The fraction of sp³-hybridized carbons (Fsp3) is 0.333. The summed E-state index contributed by atoms with van der Waals surface area (Å²) in [4.78, 5) is 28.2. The molecule has 2 aromatic rings. The van der Waals surface area contributed by atoms with E-state index in [-0.39, 0.29) is 30.6 Å². The van der Waals surface area contributed by atoms with Gasteiger partial charge in [0.2, 0.25) is 11.8 Å². The van der Waals surface area contributed by atoms with Crippen molar-refractivity contribution in [2.24, 2.45) is 0 Å². The quantitative estimate of drug-likeness (QED) is 0.806. The van der Waals surface area contributed by atoms with Gasteiger partial charge in [0, 0.05) is 43.3 Å². The second kappa shape index (κ2) is 9.55. The highest BCUT2D eigenvalue weighted by Crippen LogP contribution is 2.20. The van der Waals surface area contributed by atoms with Crippen molar-refractivity contribution in [3.8, 4) is 0 Å². The molecule has 2 aromatic carbocycles. The van der Waals surface area contributed by atoms with Crippen LogP contribution in [0.4, 0.5) is 10.1 Å². The Labute approximate surface area is 169 Å². The summed E-state index contributed by atoms with van der Waals surface area (Å²) in [5.74, 6) is -0.678. The number of hydrogen-bond donors (Lipinski definition) is 1. The summed E-state index contributed by atoms with van der Waals surface area (Å²) < 4.78 is 13.6. The van der Waals surface area contributed by atoms with Crippen LogP contribution in [0.15, 0.2) is 48.5 Å². The Morgan fingerprint density at radius 2 is 1.79 bits per heavy atom. The molecule has 0 bridgehead atoms. The number of anilines is 1. The molecule has 1 N–H and O–H groups in total. The molecule has 0 aliphatic carbocycles. The van der Waals surface area contributed by atoms with Gasteiger partial charge in [-0.05, 0) is 36.2 Å². The van der Waals surface area contributed by atoms with Gasteiger partial charge in [0.15, 0.2) is 0 Å². The lowest BCUT2D eigenvalue weighted by molar-refractivity contribution is -0.133. The number of nitrogens with one attached hydrogen (secondary N) is 1. The highest BCUT2D eigenvalue weighted by molar-refractivity contribution is 6.30. The van der Waals surface area contributed by atoms with Crippen LogP contribution in [-0.2, 0) is 16.0 Å². The summed E-state index contributed by atoms with van der Waals surface area (Å²) in [6, 6.07) is 14.0. The van der Waals surface area contributed by atoms with Crippen LogP contribution in [0.5, 0.6) is 0 Å². The molecule has 1 saturated heterocycles. The van der Waals surface area contributed by atoms with E-state index in [0.717, 1.165) is 5.69 Å². The first-order chi connectivity index (χ1) is 13.5. The minimum atomic E-state index is -0.316. The molecule has 148 valence electrons. The lowest BCUT2D eigenvalue weighted by atomic mass is 10.1. The first-order valence-corrected chi connectivity index (χ1v) is 9.69. The van der Waals surface area contributed by atoms with Crippen molar-refractivity contribution in [3.05, 3.63) is 64.9 Å². The zero-order valence-electron chi connectivity index (χ0n) is 15.5.